The second kappa shape index (κ2) is 17.4. The quantitative estimate of drug-likeness (QED) is 0.144. The number of hydrogen-bond donors (Lipinski definition) is 0. The number of benzene rings is 9. The van der Waals surface area contributed by atoms with Crippen molar-refractivity contribution in [3.05, 3.63) is 248 Å². The average molecular weight is 884 g/mol. The van der Waals surface area contributed by atoms with Gasteiger partial charge in [-0.2, -0.15) is 0 Å². The van der Waals surface area contributed by atoms with Crippen LogP contribution in [0.1, 0.15) is 25.0 Å². The molecule has 0 saturated carbocycles. The highest BCUT2D eigenvalue weighted by molar-refractivity contribution is 5.85. The van der Waals surface area contributed by atoms with E-state index in [1.807, 2.05) is 48.5 Å². The van der Waals surface area contributed by atoms with Crippen molar-refractivity contribution in [1.82, 2.24) is 24.9 Å². The minimum Gasteiger partial charge on any atom is -0.228 e. The summed E-state index contributed by atoms with van der Waals surface area (Å²) >= 11 is 0. The Bertz CT molecular complexity index is 3620. The van der Waals surface area contributed by atoms with Crippen molar-refractivity contribution in [3.63, 3.8) is 0 Å². The normalized spacial score (nSPS) is 12.3. The Morgan fingerprint density at radius 3 is 1.25 bits per heavy atom. The molecule has 12 rings (SSSR count). The van der Waals surface area contributed by atoms with Crippen LogP contribution in [0.4, 0.5) is 0 Å². The zero-order valence-electron chi connectivity index (χ0n) is 38.3. The van der Waals surface area contributed by atoms with E-state index in [0.717, 1.165) is 78.1 Å². The van der Waals surface area contributed by atoms with Crippen LogP contribution in [-0.2, 0) is 5.41 Å². The van der Waals surface area contributed by atoms with Crippen LogP contribution in [0, 0.1) is 0 Å². The van der Waals surface area contributed by atoms with Gasteiger partial charge in [0.15, 0.2) is 23.3 Å². The summed E-state index contributed by atoms with van der Waals surface area (Å²) in [7, 11) is 0. The molecule has 0 fully saturated rings. The first-order valence-corrected chi connectivity index (χ1v) is 23.4. The smallest absolute Gasteiger partial charge is 0.164 e. The maximum atomic E-state index is 5.31. The summed E-state index contributed by atoms with van der Waals surface area (Å²) < 4.78 is 0. The maximum Gasteiger partial charge on any atom is 0.164 e. The van der Waals surface area contributed by atoms with E-state index in [4.69, 9.17) is 24.9 Å². The molecule has 69 heavy (non-hydrogen) atoms. The molecule has 0 spiro atoms. The molecule has 1 aliphatic rings. The van der Waals surface area contributed by atoms with E-state index in [9.17, 15) is 0 Å². The van der Waals surface area contributed by atoms with E-state index in [1.165, 1.54) is 22.3 Å². The van der Waals surface area contributed by atoms with E-state index < -0.39 is 0 Å². The molecule has 1 aliphatic carbocycles. The molecule has 0 aliphatic heterocycles. The maximum absolute atomic E-state index is 5.31. The van der Waals surface area contributed by atoms with E-state index in [2.05, 4.69) is 202 Å². The van der Waals surface area contributed by atoms with E-state index in [0.29, 0.717) is 23.3 Å². The van der Waals surface area contributed by atoms with Gasteiger partial charge in [0.1, 0.15) is 0 Å². The Kier molecular flexibility index (Phi) is 10.4. The zero-order valence-corrected chi connectivity index (χ0v) is 38.3. The van der Waals surface area contributed by atoms with Crippen molar-refractivity contribution >= 4 is 0 Å². The molecule has 0 unspecified atom stereocenters. The second-order valence-electron chi connectivity index (χ2n) is 18.1. The predicted octanol–water partition coefficient (Wildman–Crippen LogP) is 16.0. The highest BCUT2D eigenvalue weighted by Gasteiger charge is 2.35. The van der Waals surface area contributed by atoms with Gasteiger partial charge in [0.2, 0.25) is 0 Å². The molecule has 2 heterocycles. The lowest BCUT2D eigenvalue weighted by atomic mass is 9.82. The lowest BCUT2D eigenvalue weighted by Gasteiger charge is -2.21. The molecular formula is C64H45N5. The second-order valence-corrected chi connectivity index (χ2v) is 18.1. The Morgan fingerprint density at radius 1 is 0.232 bits per heavy atom. The van der Waals surface area contributed by atoms with Crippen molar-refractivity contribution < 1.29 is 0 Å². The molecule has 2 aromatic heterocycles. The molecular weight excluding hydrogens is 839 g/mol. The third-order valence-electron chi connectivity index (χ3n) is 13.3. The molecule has 11 aromatic rings. The van der Waals surface area contributed by atoms with Gasteiger partial charge in [0.05, 0.1) is 11.4 Å². The van der Waals surface area contributed by atoms with Gasteiger partial charge in [0.25, 0.3) is 0 Å². The fourth-order valence-corrected chi connectivity index (χ4v) is 9.72. The summed E-state index contributed by atoms with van der Waals surface area (Å²) in [6, 6.07) is 82.7. The van der Waals surface area contributed by atoms with E-state index in [1.54, 1.807) is 0 Å². The molecule has 5 heteroatoms. The Hall–Kier alpha value is -8.93. The molecule has 0 saturated heterocycles. The van der Waals surface area contributed by atoms with Crippen LogP contribution in [0.2, 0.25) is 0 Å². The third-order valence-corrected chi connectivity index (χ3v) is 13.3. The average Bonchev–Trinajstić information content (AvgIpc) is 3.66. The summed E-state index contributed by atoms with van der Waals surface area (Å²) in [6.07, 6.45) is 0. The fraction of sp³-hybridized carbons (Fsp3) is 0.0469. The third kappa shape index (κ3) is 8.00. The Balaban J connectivity index is 0.950. The Morgan fingerprint density at radius 2 is 0.623 bits per heavy atom. The molecule has 0 atom stereocenters. The summed E-state index contributed by atoms with van der Waals surface area (Å²) in [6.45, 7) is 4.62. The minimum absolute atomic E-state index is 0.143. The van der Waals surface area contributed by atoms with Crippen molar-refractivity contribution in [2.75, 3.05) is 0 Å². The number of aromatic nitrogens is 5. The minimum atomic E-state index is -0.143. The first kappa shape index (κ1) is 41.5. The number of nitrogens with zero attached hydrogens (tertiary/aromatic N) is 5. The summed E-state index contributed by atoms with van der Waals surface area (Å²) in [5.74, 6) is 2.50. The molecule has 9 aromatic carbocycles. The van der Waals surface area contributed by atoms with Gasteiger partial charge in [-0.15, -0.1) is 0 Å². The monoisotopic (exact) mass is 883 g/mol. The lowest BCUT2D eigenvalue weighted by molar-refractivity contribution is 0.660. The van der Waals surface area contributed by atoms with Crippen LogP contribution in [0.5, 0.6) is 0 Å². The molecule has 326 valence electrons. The SMILES string of the molecule is CC1(C)c2ccccc2-c2ccc(-c3nc(-c4ccccc4)cc(-c4cccc(-c5cccc(-c6nc(-c7ccccc7)nc(-c7cc(-c8ccccc8)cc(-c8ccccc8)c7)n6)c5)c4)n3)cc21. The van der Waals surface area contributed by atoms with Crippen LogP contribution in [0.15, 0.2) is 237 Å². The molecule has 5 nitrogen and oxygen atoms in total. The highest BCUT2D eigenvalue weighted by Crippen LogP contribution is 2.49. The number of fused-ring (bicyclic) bond motifs is 3. The van der Waals surface area contributed by atoms with Gasteiger partial charge in [0, 0.05) is 38.8 Å². The topological polar surface area (TPSA) is 64.5 Å². The summed E-state index contributed by atoms with van der Waals surface area (Å²) in [5.41, 5.74) is 19.0. The van der Waals surface area contributed by atoms with Crippen molar-refractivity contribution in [2.24, 2.45) is 0 Å². The molecule has 0 bridgehead atoms. The van der Waals surface area contributed by atoms with E-state index in [-0.39, 0.29) is 5.41 Å². The van der Waals surface area contributed by atoms with Gasteiger partial charge in [-0.25, -0.2) is 24.9 Å². The summed E-state index contributed by atoms with van der Waals surface area (Å²) in [4.78, 5) is 26.1. The molecule has 0 amide bonds. The molecule has 0 N–H and O–H groups in total. The largest absolute Gasteiger partial charge is 0.228 e. The van der Waals surface area contributed by atoms with Crippen LogP contribution < -0.4 is 0 Å². The molecule has 0 radical (unpaired) electrons. The van der Waals surface area contributed by atoms with Crippen LogP contribution in [0.25, 0.3) is 113 Å². The van der Waals surface area contributed by atoms with Crippen molar-refractivity contribution in [3.8, 4) is 113 Å². The van der Waals surface area contributed by atoms with Gasteiger partial charge in [-0.1, -0.05) is 208 Å². The van der Waals surface area contributed by atoms with Crippen LogP contribution in [-0.4, -0.2) is 24.9 Å². The standard InChI is InChI=1S/C64H45N5/c1-64(2)56-32-16-15-31-54(56)55-34-33-50(40-57(55)64)61-65-58(44-23-11-5-12-24-44)41-59(66-61)48-29-17-27-46(35-48)47-28-18-30-49(36-47)62-67-60(45-25-13-6-14-26-45)68-63(69-62)53-38-51(42-19-7-3-8-20-42)37-52(39-53)43-21-9-4-10-22-43/h3-41H,1-2H3. The lowest BCUT2D eigenvalue weighted by Crippen LogP contribution is -2.15. The van der Waals surface area contributed by atoms with Crippen molar-refractivity contribution in [1.29, 1.82) is 0 Å². The predicted molar refractivity (Wildman–Crippen MR) is 282 cm³/mol. The van der Waals surface area contributed by atoms with Crippen LogP contribution in [0.3, 0.4) is 0 Å². The summed E-state index contributed by atoms with van der Waals surface area (Å²) in [5, 5.41) is 0. The number of rotatable bonds is 9. The van der Waals surface area contributed by atoms with Crippen molar-refractivity contribution in [2.45, 2.75) is 19.3 Å². The van der Waals surface area contributed by atoms with Crippen LogP contribution >= 0.6 is 0 Å². The first-order chi connectivity index (χ1) is 33.9. The highest BCUT2D eigenvalue weighted by atomic mass is 15.0. The number of hydrogen-bond acceptors (Lipinski definition) is 5. The van der Waals surface area contributed by atoms with Gasteiger partial charge in [-0.05, 0) is 98.1 Å². The van der Waals surface area contributed by atoms with Gasteiger partial charge >= 0.3 is 0 Å². The van der Waals surface area contributed by atoms with Gasteiger partial charge in [-0.3, -0.25) is 0 Å². The first-order valence-electron chi connectivity index (χ1n) is 23.4. The van der Waals surface area contributed by atoms with E-state index >= 15 is 0 Å². The fourth-order valence-electron chi connectivity index (χ4n) is 9.72. The Labute approximate surface area is 402 Å². The van der Waals surface area contributed by atoms with Gasteiger partial charge < -0.3 is 0 Å². The zero-order chi connectivity index (χ0) is 46.3.